The molecule has 1 atom stereocenters. The smallest absolute Gasteiger partial charge is 0.257 e. The van der Waals surface area contributed by atoms with Gasteiger partial charge in [-0.2, -0.15) is 4.73 Å². The van der Waals surface area contributed by atoms with Gasteiger partial charge in [-0.25, -0.2) is 0 Å². The zero-order valence-corrected chi connectivity index (χ0v) is 8.51. The van der Waals surface area contributed by atoms with Gasteiger partial charge in [0, 0.05) is 19.2 Å². The number of aliphatic hydroxyl groups excluding tert-OH is 1. The molecule has 0 aliphatic heterocycles. The Kier molecular flexibility index (Phi) is 4.05. The van der Waals surface area contributed by atoms with Crippen LogP contribution in [0.2, 0.25) is 0 Å². The maximum atomic E-state index is 11.5. The van der Waals surface area contributed by atoms with E-state index in [1.807, 2.05) is 6.92 Å². The van der Waals surface area contributed by atoms with Crippen molar-refractivity contribution in [1.82, 2.24) is 5.32 Å². The van der Waals surface area contributed by atoms with Crippen molar-refractivity contribution in [2.75, 3.05) is 13.2 Å². The Bertz CT molecular complexity index is 341. The Balaban J connectivity index is 2.54. The highest BCUT2D eigenvalue weighted by Crippen LogP contribution is 1.95. The number of nitrogens with one attached hydrogen (secondary N) is 1. The normalized spacial score (nSPS) is 12.1. The average molecular weight is 210 g/mol. The summed E-state index contributed by atoms with van der Waals surface area (Å²) in [7, 11) is 0. The van der Waals surface area contributed by atoms with Crippen LogP contribution in [0.15, 0.2) is 24.5 Å². The molecule has 0 saturated carbocycles. The molecule has 5 nitrogen and oxygen atoms in total. The van der Waals surface area contributed by atoms with Gasteiger partial charge in [0.25, 0.3) is 5.91 Å². The number of hydrogen-bond acceptors (Lipinski definition) is 3. The zero-order valence-electron chi connectivity index (χ0n) is 8.51. The fourth-order valence-electron chi connectivity index (χ4n) is 1.02. The average Bonchev–Trinajstić information content (AvgIpc) is 2.25. The van der Waals surface area contributed by atoms with E-state index >= 15 is 0 Å². The summed E-state index contributed by atoms with van der Waals surface area (Å²) in [6.07, 6.45) is 2.52. The van der Waals surface area contributed by atoms with Crippen LogP contribution in [0.5, 0.6) is 0 Å². The summed E-state index contributed by atoms with van der Waals surface area (Å²) in [5.41, 5.74) is 0.317. The molecule has 1 unspecified atom stereocenters. The second-order valence-electron chi connectivity index (χ2n) is 3.45. The Morgan fingerprint density at radius 3 is 3.07 bits per heavy atom. The number of rotatable bonds is 4. The first-order valence-electron chi connectivity index (χ1n) is 4.71. The summed E-state index contributed by atoms with van der Waals surface area (Å²) in [5, 5.41) is 22.3. The predicted octanol–water partition coefficient (Wildman–Crippen LogP) is -0.322. The van der Waals surface area contributed by atoms with Crippen LogP contribution < -0.4 is 10.0 Å². The van der Waals surface area contributed by atoms with Gasteiger partial charge in [0.1, 0.15) is 5.56 Å². The van der Waals surface area contributed by atoms with E-state index in [9.17, 15) is 10.0 Å². The molecule has 0 saturated heterocycles. The Morgan fingerprint density at radius 2 is 2.47 bits per heavy atom. The molecule has 0 aliphatic carbocycles. The molecule has 1 amide bonds. The highest BCUT2D eigenvalue weighted by atomic mass is 16.5. The Morgan fingerprint density at radius 1 is 1.73 bits per heavy atom. The van der Waals surface area contributed by atoms with E-state index in [0.29, 0.717) is 16.8 Å². The van der Waals surface area contributed by atoms with Crippen LogP contribution in [0.1, 0.15) is 17.3 Å². The maximum Gasteiger partial charge on any atom is 0.257 e. The predicted molar refractivity (Wildman–Crippen MR) is 54.0 cm³/mol. The summed E-state index contributed by atoms with van der Waals surface area (Å²) in [5.74, 6) is -0.294. The molecule has 0 fully saturated rings. The summed E-state index contributed by atoms with van der Waals surface area (Å²) in [4.78, 5) is 11.5. The molecule has 0 bridgehead atoms. The number of amides is 1. The summed E-state index contributed by atoms with van der Waals surface area (Å²) >= 11 is 0. The van der Waals surface area contributed by atoms with Crippen LogP contribution in [0.3, 0.4) is 0 Å². The third kappa shape index (κ3) is 3.55. The standard InChI is InChI=1S/C10H14N2O3/c1-8(7-13)5-11-10(14)9-3-2-4-12(15)6-9/h2-4,6,8,13H,5,7H2,1H3,(H,11,14). The molecule has 0 aromatic carbocycles. The van der Waals surface area contributed by atoms with Crippen LogP contribution in [0.25, 0.3) is 0 Å². The molecule has 0 aliphatic rings. The van der Waals surface area contributed by atoms with Gasteiger partial charge in [-0.3, -0.25) is 4.79 Å². The highest BCUT2D eigenvalue weighted by molar-refractivity contribution is 5.93. The second-order valence-corrected chi connectivity index (χ2v) is 3.45. The summed E-state index contributed by atoms with van der Waals surface area (Å²) in [6, 6.07) is 3.07. The fraction of sp³-hybridized carbons (Fsp3) is 0.400. The Hall–Kier alpha value is -1.62. The molecule has 1 heterocycles. The topological polar surface area (TPSA) is 76.3 Å². The number of carbonyl (C=O) groups excluding carboxylic acids is 1. The van der Waals surface area contributed by atoms with Gasteiger partial charge in [0.05, 0.1) is 0 Å². The van der Waals surface area contributed by atoms with Gasteiger partial charge in [-0.05, 0) is 12.0 Å². The van der Waals surface area contributed by atoms with Crippen LogP contribution in [0, 0.1) is 11.1 Å². The highest BCUT2D eigenvalue weighted by Gasteiger charge is 2.09. The van der Waals surface area contributed by atoms with Gasteiger partial charge in [0.2, 0.25) is 0 Å². The lowest BCUT2D eigenvalue weighted by molar-refractivity contribution is -0.605. The molecule has 1 aromatic heterocycles. The first-order valence-corrected chi connectivity index (χ1v) is 4.71. The minimum Gasteiger partial charge on any atom is -0.619 e. The molecule has 1 rings (SSSR count). The van der Waals surface area contributed by atoms with Gasteiger partial charge in [-0.15, -0.1) is 0 Å². The van der Waals surface area contributed by atoms with E-state index < -0.39 is 0 Å². The quantitative estimate of drug-likeness (QED) is 0.528. The molecule has 0 spiro atoms. The minimum atomic E-state index is -0.305. The van der Waals surface area contributed by atoms with Crippen molar-refractivity contribution in [2.45, 2.75) is 6.92 Å². The van der Waals surface area contributed by atoms with E-state index in [2.05, 4.69) is 5.32 Å². The van der Waals surface area contributed by atoms with Gasteiger partial charge in [-0.1, -0.05) is 6.92 Å². The molecular formula is C10H14N2O3. The van der Waals surface area contributed by atoms with E-state index in [1.54, 1.807) is 6.07 Å². The van der Waals surface area contributed by atoms with E-state index in [-0.39, 0.29) is 18.4 Å². The number of carbonyl (C=O) groups is 1. The van der Waals surface area contributed by atoms with Crippen molar-refractivity contribution >= 4 is 5.91 Å². The number of aromatic nitrogens is 1. The molecule has 0 radical (unpaired) electrons. The monoisotopic (exact) mass is 210 g/mol. The lowest BCUT2D eigenvalue weighted by Crippen LogP contribution is -2.32. The Labute approximate surface area is 87.9 Å². The summed E-state index contributed by atoms with van der Waals surface area (Å²) < 4.78 is 0.574. The van der Waals surface area contributed by atoms with Crippen LogP contribution in [-0.2, 0) is 0 Å². The molecule has 1 aromatic rings. The van der Waals surface area contributed by atoms with E-state index in [0.717, 1.165) is 0 Å². The van der Waals surface area contributed by atoms with Crippen LogP contribution in [0.4, 0.5) is 0 Å². The second kappa shape index (κ2) is 5.31. The third-order valence-corrected chi connectivity index (χ3v) is 1.96. The lowest BCUT2D eigenvalue weighted by atomic mass is 10.2. The molecule has 15 heavy (non-hydrogen) atoms. The summed E-state index contributed by atoms with van der Waals surface area (Å²) in [6.45, 7) is 2.23. The number of nitrogens with zero attached hydrogens (tertiary/aromatic N) is 1. The maximum absolute atomic E-state index is 11.5. The van der Waals surface area contributed by atoms with Gasteiger partial charge in [0.15, 0.2) is 12.4 Å². The third-order valence-electron chi connectivity index (χ3n) is 1.96. The van der Waals surface area contributed by atoms with Crippen molar-refractivity contribution in [3.05, 3.63) is 35.3 Å². The van der Waals surface area contributed by atoms with Crippen LogP contribution >= 0.6 is 0 Å². The van der Waals surface area contributed by atoms with Crippen LogP contribution in [-0.4, -0.2) is 24.2 Å². The first kappa shape index (κ1) is 11.5. The molecule has 5 heteroatoms. The number of pyridine rings is 1. The number of hydrogen-bond donors (Lipinski definition) is 2. The minimum absolute atomic E-state index is 0.0111. The zero-order chi connectivity index (χ0) is 11.3. The van der Waals surface area contributed by atoms with Crippen molar-refractivity contribution in [3.63, 3.8) is 0 Å². The van der Waals surface area contributed by atoms with E-state index in [4.69, 9.17) is 5.11 Å². The van der Waals surface area contributed by atoms with Gasteiger partial charge < -0.3 is 15.6 Å². The van der Waals surface area contributed by atoms with Crippen molar-refractivity contribution in [3.8, 4) is 0 Å². The van der Waals surface area contributed by atoms with Crippen molar-refractivity contribution in [1.29, 1.82) is 0 Å². The SMILES string of the molecule is CC(CO)CNC(=O)c1ccc[n+]([O-])c1. The van der Waals surface area contributed by atoms with E-state index in [1.165, 1.54) is 18.5 Å². The molecule has 82 valence electrons. The van der Waals surface area contributed by atoms with Crippen molar-refractivity contribution in [2.24, 2.45) is 5.92 Å². The van der Waals surface area contributed by atoms with Gasteiger partial charge >= 0.3 is 0 Å². The largest absolute Gasteiger partial charge is 0.619 e. The number of aliphatic hydroxyl groups is 1. The first-order chi connectivity index (χ1) is 7.13. The molecular weight excluding hydrogens is 196 g/mol. The fourth-order valence-corrected chi connectivity index (χ4v) is 1.02. The van der Waals surface area contributed by atoms with Crippen molar-refractivity contribution < 1.29 is 14.6 Å². The molecule has 2 N–H and O–H groups in total. The lowest BCUT2D eigenvalue weighted by Gasteiger charge is -2.08.